The van der Waals surface area contributed by atoms with Crippen LogP contribution in [0, 0.1) is 17.1 Å². The van der Waals surface area contributed by atoms with E-state index in [0.29, 0.717) is 25.1 Å². The van der Waals surface area contributed by atoms with Crippen LogP contribution < -0.4 is 10.6 Å². The Morgan fingerprint density at radius 2 is 1.97 bits per heavy atom. The lowest BCUT2D eigenvalue weighted by molar-refractivity contribution is -0.0504. The Kier molecular flexibility index (Phi) is 9.41. The second-order valence-electron chi connectivity index (χ2n) is 9.09. The molecule has 0 saturated carbocycles. The van der Waals surface area contributed by atoms with Gasteiger partial charge in [0.15, 0.2) is 0 Å². The van der Waals surface area contributed by atoms with Gasteiger partial charge in [0.25, 0.3) is 0 Å². The number of ether oxygens (including phenoxy) is 2. The summed E-state index contributed by atoms with van der Waals surface area (Å²) in [5.41, 5.74) is 7.33. The first kappa shape index (κ1) is 23.7. The zero-order chi connectivity index (χ0) is 21.3. The number of nitrogens with two attached hydrogens (primary N) is 1. The highest BCUT2D eigenvalue weighted by molar-refractivity contribution is 6.76. The quantitative estimate of drug-likeness (QED) is 0.232. The molecule has 0 radical (unpaired) electrons. The fraction of sp³-hybridized carbons (Fsp3) is 0.682. The van der Waals surface area contributed by atoms with Crippen LogP contribution in [-0.2, 0) is 9.47 Å². The van der Waals surface area contributed by atoms with Crippen molar-refractivity contribution in [3.63, 3.8) is 0 Å². The van der Waals surface area contributed by atoms with Gasteiger partial charge < -0.3 is 20.1 Å². The summed E-state index contributed by atoms with van der Waals surface area (Å²) in [7, 11) is -1.04. The Hall–Kier alpha value is -1.62. The third-order valence-corrected chi connectivity index (χ3v) is 7.12. The third-order valence-electron chi connectivity index (χ3n) is 5.41. The molecule has 2 N–H and O–H groups in total. The van der Waals surface area contributed by atoms with Crippen molar-refractivity contribution in [3.8, 4) is 6.07 Å². The van der Waals surface area contributed by atoms with E-state index < -0.39 is 13.9 Å². The third kappa shape index (κ3) is 7.96. The molecule has 0 spiro atoms. The van der Waals surface area contributed by atoms with Crippen LogP contribution in [0.4, 0.5) is 15.8 Å². The number of hydrogen-bond donors (Lipinski definition) is 1. The number of nitrogens with zero attached hydrogens (tertiary/aromatic N) is 2. The monoisotopic (exact) mass is 421 g/mol. The normalized spacial score (nSPS) is 17.3. The Morgan fingerprint density at radius 3 is 2.69 bits per heavy atom. The van der Waals surface area contributed by atoms with Crippen molar-refractivity contribution < 1.29 is 13.9 Å². The maximum Gasteiger partial charge on any atom is 0.146 e. The van der Waals surface area contributed by atoms with Gasteiger partial charge >= 0.3 is 0 Å². The number of anilines is 2. The molecule has 0 aromatic heterocycles. The summed E-state index contributed by atoms with van der Waals surface area (Å²) in [5, 5.41) is 8.99. The molecule has 0 amide bonds. The van der Waals surface area contributed by atoms with E-state index in [4.69, 9.17) is 20.5 Å². The van der Waals surface area contributed by atoms with E-state index in [2.05, 4.69) is 24.5 Å². The van der Waals surface area contributed by atoms with Crippen molar-refractivity contribution in [3.05, 3.63) is 23.5 Å². The van der Waals surface area contributed by atoms with Crippen LogP contribution in [0.3, 0.4) is 0 Å². The molecule has 1 heterocycles. The van der Waals surface area contributed by atoms with Gasteiger partial charge in [-0.15, -0.1) is 0 Å². The molecular weight excluding hydrogens is 385 g/mol. The van der Waals surface area contributed by atoms with E-state index in [-0.39, 0.29) is 5.56 Å². The van der Waals surface area contributed by atoms with Crippen molar-refractivity contribution >= 4 is 19.4 Å². The Labute approximate surface area is 176 Å². The summed E-state index contributed by atoms with van der Waals surface area (Å²) in [6, 6.07) is 6.24. The Bertz CT molecular complexity index is 688. The van der Waals surface area contributed by atoms with Crippen LogP contribution in [0.15, 0.2) is 12.1 Å². The molecule has 7 heteroatoms. The van der Waals surface area contributed by atoms with E-state index in [1.165, 1.54) is 18.6 Å². The maximum atomic E-state index is 14.1. The number of rotatable bonds is 11. The second kappa shape index (κ2) is 11.5. The van der Waals surface area contributed by atoms with Gasteiger partial charge in [-0.25, -0.2) is 4.39 Å². The molecule has 1 atom stereocenters. The molecule has 5 nitrogen and oxygen atoms in total. The van der Waals surface area contributed by atoms with Crippen LogP contribution in [-0.4, -0.2) is 40.7 Å². The molecule has 0 aliphatic carbocycles. The first-order valence-electron chi connectivity index (χ1n) is 10.7. The highest BCUT2D eigenvalue weighted by Gasteiger charge is 2.24. The van der Waals surface area contributed by atoms with E-state index in [0.717, 1.165) is 57.0 Å². The predicted octanol–water partition coefficient (Wildman–Crippen LogP) is 5.14. The van der Waals surface area contributed by atoms with Crippen LogP contribution >= 0.6 is 0 Å². The zero-order valence-corrected chi connectivity index (χ0v) is 19.2. The van der Waals surface area contributed by atoms with Gasteiger partial charge in [-0.2, -0.15) is 5.26 Å². The van der Waals surface area contributed by atoms with Gasteiger partial charge in [-0.1, -0.05) is 19.6 Å². The first-order valence-corrected chi connectivity index (χ1v) is 14.4. The number of piperidine rings is 1. The van der Waals surface area contributed by atoms with Crippen molar-refractivity contribution in [1.29, 1.82) is 5.26 Å². The average Bonchev–Trinajstić information content (AvgIpc) is 2.67. The van der Waals surface area contributed by atoms with E-state index >= 15 is 0 Å². The largest absolute Gasteiger partial charge is 0.397 e. The van der Waals surface area contributed by atoms with Crippen LogP contribution in [0.2, 0.25) is 25.7 Å². The van der Waals surface area contributed by atoms with Crippen LogP contribution in [0.1, 0.15) is 44.1 Å². The number of benzene rings is 1. The minimum Gasteiger partial charge on any atom is -0.397 e. The molecule has 1 aliphatic rings. The first-order chi connectivity index (χ1) is 13.8. The molecule has 1 fully saturated rings. The van der Waals surface area contributed by atoms with Crippen molar-refractivity contribution in [2.75, 3.05) is 37.2 Å². The lowest BCUT2D eigenvalue weighted by Gasteiger charge is -2.38. The highest BCUT2D eigenvalue weighted by atomic mass is 28.3. The summed E-state index contributed by atoms with van der Waals surface area (Å²) in [6.07, 6.45) is 6.41. The summed E-state index contributed by atoms with van der Waals surface area (Å²) in [4.78, 5) is 2.23. The smallest absolute Gasteiger partial charge is 0.146 e. The van der Waals surface area contributed by atoms with E-state index in [1.54, 1.807) is 0 Å². The van der Waals surface area contributed by atoms with E-state index in [1.807, 2.05) is 6.07 Å². The molecule has 29 heavy (non-hydrogen) atoms. The summed E-state index contributed by atoms with van der Waals surface area (Å²) in [5.74, 6) is -0.497. The number of nitrogen functional groups attached to an aromatic ring is 1. The molecule has 1 aliphatic heterocycles. The fourth-order valence-corrected chi connectivity index (χ4v) is 4.43. The Balaban J connectivity index is 1.74. The molecule has 1 saturated heterocycles. The summed E-state index contributed by atoms with van der Waals surface area (Å²) < 4.78 is 25.3. The van der Waals surface area contributed by atoms with Crippen molar-refractivity contribution in [2.45, 2.75) is 70.3 Å². The van der Waals surface area contributed by atoms with Gasteiger partial charge in [-0.05, 0) is 50.6 Å². The molecule has 0 unspecified atom stereocenters. The molecule has 162 valence electrons. The molecule has 0 bridgehead atoms. The van der Waals surface area contributed by atoms with Gasteiger partial charge in [0, 0.05) is 39.9 Å². The lowest BCUT2D eigenvalue weighted by atomic mass is 9.96. The van der Waals surface area contributed by atoms with E-state index in [9.17, 15) is 4.39 Å². The minimum absolute atomic E-state index is 0.00372. The number of halogens is 1. The van der Waals surface area contributed by atoms with Gasteiger partial charge in [0.1, 0.15) is 18.7 Å². The standard InChI is InChI=1S/C22H36FN3O2Si/c1-29(2,3)13-12-28-17-27-11-7-5-9-19-8-4-6-10-26(19)22-15-20(23)18(16-24)14-21(22)25/h14-15,19H,4-13,17,25H2,1-3H3/t19-/m0/s1. The summed E-state index contributed by atoms with van der Waals surface area (Å²) >= 11 is 0. The molecular formula is C22H36FN3O2Si. The molecule has 2 rings (SSSR count). The summed E-state index contributed by atoms with van der Waals surface area (Å²) in [6.45, 7) is 9.76. The fourth-order valence-electron chi connectivity index (χ4n) is 3.67. The lowest BCUT2D eigenvalue weighted by Crippen LogP contribution is -2.40. The van der Waals surface area contributed by atoms with Gasteiger partial charge in [0.05, 0.1) is 16.9 Å². The van der Waals surface area contributed by atoms with Crippen molar-refractivity contribution in [2.24, 2.45) is 0 Å². The predicted molar refractivity (Wildman–Crippen MR) is 119 cm³/mol. The van der Waals surface area contributed by atoms with Crippen LogP contribution in [0.25, 0.3) is 0 Å². The number of nitriles is 1. The minimum atomic E-state index is -1.04. The number of unbranched alkanes of at least 4 members (excludes halogenated alkanes) is 1. The van der Waals surface area contributed by atoms with Gasteiger partial charge in [-0.3, -0.25) is 0 Å². The average molecular weight is 422 g/mol. The molecule has 1 aromatic rings. The van der Waals surface area contributed by atoms with Crippen LogP contribution in [0.5, 0.6) is 0 Å². The number of hydrogen-bond acceptors (Lipinski definition) is 5. The van der Waals surface area contributed by atoms with Gasteiger partial charge in [0.2, 0.25) is 0 Å². The Morgan fingerprint density at radius 1 is 1.21 bits per heavy atom. The zero-order valence-electron chi connectivity index (χ0n) is 18.2. The van der Waals surface area contributed by atoms with Crippen molar-refractivity contribution in [1.82, 2.24) is 0 Å². The maximum absolute atomic E-state index is 14.1. The topological polar surface area (TPSA) is 71.5 Å². The SMILES string of the molecule is C[Si](C)(C)CCOCOCCCC[C@@H]1CCCCN1c1cc(F)c(C#N)cc1N. The molecule has 1 aromatic carbocycles. The highest BCUT2D eigenvalue weighted by Crippen LogP contribution is 2.33. The second-order valence-corrected chi connectivity index (χ2v) is 14.7.